The molecule has 4 aromatic heterocycles. The molecule has 1 aromatic carbocycles. The first-order valence-electron chi connectivity index (χ1n) is 12.7. The highest BCUT2D eigenvalue weighted by molar-refractivity contribution is 5.89. The quantitative estimate of drug-likeness (QED) is 0.334. The number of carbonyl (C=O) groups is 1. The molecule has 0 spiro atoms. The molecule has 2 unspecified atom stereocenters. The number of anilines is 3. The van der Waals surface area contributed by atoms with Crippen molar-refractivity contribution in [2.24, 2.45) is 0 Å². The van der Waals surface area contributed by atoms with Crippen LogP contribution >= 0.6 is 0 Å². The zero-order valence-electron chi connectivity index (χ0n) is 21.2. The van der Waals surface area contributed by atoms with Crippen molar-refractivity contribution >= 4 is 39.9 Å². The molecule has 1 N–H and O–H groups in total. The first-order chi connectivity index (χ1) is 19.1. The third-order valence-electron chi connectivity index (χ3n) is 7.33. The fraction of sp³-hybridized carbons (Fsp3) is 0.214. The third kappa shape index (κ3) is 4.08. The Kier molecular flexibility index (Phi) is 5.36. The van der Waals surface area contributed by atoms with E-state index in [2.05, 4.69) is 36.8 Å². The van der Waals surface area contributed by atoms with Crippen molar-refractivity contribution in [3.63, 3.8) is 0 Å². The summed E-state index contributed by atoms with van der Waals surface area (Å²) in [6.07, 6.45) is 7.30. The number of piperidine rings is 1. The van der Waals surface area contributed by atoms with Gasteiger partial charge in [-0.15, -0.1) is 0 Å². The Labute approximate surface area is 223 Å². The molecule has 2 atom stereocenters. The lowest BCUT2D eigenvalue weighted by Crippen LogP contribution is -2.69. The topological polar surface area (TPSA) is 114 Å². The molecule has 2 bridgehead atoms. The molecule has 3 aliphatic heterocycles. The van der Waals surface area contributed by atoms with Crippen LogP contribution in [0.2, 0.25) is 0 Å². The van der Waals surface area contributed by atoms with Crippen LogP contribution in [-0.2, 0) is 4.79 Å². The standard InChI is InChI=1S/C28H25N9O2/c1-3-26(38)35-13-19-11-20(14-35)37(19)24-7-5-22-27(34-24)28(31-15-29-22)33-18-4-6-23(17(2)10-18)39-21-8-9-36-25(12-21)30-16-32-36/h3-10,12,15-16,19-20H,1,11,13-14H2,2H3,(H,29,31,33). The molecule has 3 saturated heterocycles. The molecule has 39 heavy (non-hydrogen) atoms. The second kappa shape index (κ2) is 9.05. The van der Waals surface area contributed by atoms with E-state index in [0.29, 0.717) is 30.2 Å². The molecular formula is C28H25N9O2. The van der Waals surface area contributed by atoms with Gasteiger partial charge in [-0.1, -0.05) is 6.58 Å². The van der Waals surface area contributed by atoms with Gasteiger partial charge in [0.25, 0.3) is 0 Å². The van der Waals surface area contributed by atoms with Crippen molar-refractivity contribution in [1.29, 1.82) is 0 Å². The van der Waals surface area contributed by atoms with E-state index < -0.39 is 0 Å². The Balaban J connectivity index is 1.12. The number of carbonyl (C=O) groups excluding carboxylic acids is 1. The Morgan fingerprint density at radius 3 is 2.77 bits per heavy atom. The Morgan fingerprint density at radius 1 is 1.08 bits per heavy atom. The molecule has 194 valence electrons. The van der Waals surface area contributed by atoms with Crippen LogP contribution in [-0.4, -0.2) is 65.5 Å². The van der Waals surface area contributed by atoms with Crippen LogP contribution in [0, 0.1) is 6.92 Å². The third-order valence-corrected chi connectivity index (χ3v) is 7.33. The number of pyridine rings is 2. The predicted octanol–water partition coefficient (Wildman–Crippen LogP) is 3.89. The SMILES string of the molecule is C=CC(=O)N1CC2CC(C1)N2c1ccc2ncnc(Nc3ccc(Oc4ccn5ncnc5c4)c(C)c3)c2n1. The highest BCUT2D eigenvalue weighted by Crippen LogP contribution is 2.37. The van der Waals surface area contributed by atoms with Crippen LogP contribution in [0.1, 0.15) is 12.0 Å². The van der Waals surface area contributed by atoms with Crippen LogP contribution in [0.5, 0.6) is 11.5 Å². The maximum atomic E-state index is 12.1. The molecule has 7 heterocycles. The van der Waals surface area contributed by atoms with Crippen molar-refractivity contribution in [2.75, 3.05) is 23.3 Å². The Morgan fingerprint density at radius 2 is 1.95 bits per heavy atom. The molecule has 3 fully saturated rings. The highest BCUT2D eigenvalue weighted by atomic mass is 16.5. The Bertz CT molecular complexity index is 1740. The molecule has 0 saturated carbocycles. The second-order valence-corrected chi connectivity index (χ2v) is 9.79. The van der Waals surface area contributed by atoms with Crippen LogP contribution in [0.15, 0.2) is 74.0 Å². The maximum absolute atomic E-state index is 12.1. The number of hydrogen-bond donors (Lipinski definition) is 1. The van der Waals surface area contributed by atoms with Crippen LogP contribution in [0.4, 0.5) is 17.3 Å². The number of benzene rings is 1. The van der Waals surface area contributed by atoms with Crippen molar-refractivity contribution in [3.05, 3.63) is 79.5 Å². The predicted molar refractivity (Wildman–Crippen MR) is 146 cm³/mol. The summed E-state index contributed by atoms with van der Waals surface area (Å²) in [5, 5.41) is 7.52. The lowest BCUT2D eigenvalue weighted by Gasteiger charge is -2.56. The van der Waals surface area contributed by atoms with E-state index in [-0.39, 0.29) is 18.0 Å². The van der Waals surface area contributed by atoms with Crippen LogP contribution in [0.3, 0.4) is 0 Å². The van der Waals surface area contributed by atoms with E-state index in [1.165, 1.54) is 18.7 Å². The summed E-state index contributed by atoms with van der Waals surface area (Å²) < 4.78 is 7.79. The minimum absolute atomic E-state index is 0.0150. The zero-order valence-corrected chi connectivity index (χ0v) is 21.2. The first kappa shape index (κ1) is 23.1. The van der Waals surface area contributed by atoms with E-state index in [1.54, 1.807) is 4.52 Å². The van der Waals surface area contributed by atoms with Crippen molar-refractivity contribution in [2.45, 2.75) is 25.4 Å². The fourth-order valence-electron chi connectivity index (χ4n) is 5.42. The van der Waals surface area contributed by atoms with Crippen molar-refractivity contribution in [1.82, 2.24) is 34.4 Å². The number of rotatable bonds is 6. The monoisotopic (exact) mass is 519 g/mol. The molecule has 5 aromatic rings. The average molecular weight is 520 g/mol. The smallest absolute Gasteiger partial charge is 0.246 e. The minimum atomic E-state index is -0.0150. The van der Waals surface area contributed by atoms with Gasteiger partial charge in [0.15, 0.2) is 11.5 Å². The summed E-state index contributed by atoms with van der Waals surface area (Å²) in [5.74, 6) is 2.91. The fourth-order valence-corrected chi connectivity index (χ4v) is 5.42. The summed E-state index contributed by atoms with van der Waals surface area (Å²) in [7, 11) is 0. The van der Waals surface area contributed by atoms with Gasteiger partial charge in [0, 0.05) is 31.0 Å². The minimum Gasteiger partial charge on any atom is -0.457 e. The summed E-state index contributed by atoms with van der Waals surface area (Å²) in [5.41, 5.74) is 3.99. The van der Waals surface area contributed by atoms with Gasteiger partial charge in [-0.2, -0.15) is 5.10 Å². The molecule has 0 aliphatic carbocycles. The van der Waals surface area contributed by atoms with Gasteiger partial charge >= 0.3 is 0 Å². The number of aromatic nitrogens is 6. The van der Waals surface area contributed by atoms with E-state index in [1.807, 2.05) is 60.5 Å². The molecule has 8 rings (SSSR count). The Hall–Kier alpha value is -5.06. The molecule has 1 amide bonds. The zero-order chi connectivity index (χ0) is 26.5. The van der Waals surface area contributed by atoms with Gasteiger partial charge in [0.2, 0.25) is 5.91 Å². The normalized spacial score (nSPS) is 18.2. The van der Waals surface area contributed by atoms with Gasteiger partial charge in [-0.3, -0.25) is 4.79 Å². The molecular weight excluding hydrogens is 494 g/mol. The summed E-state index contributed by atoms with van der Waals surface area (Å²) >= 11 is 0. The molecule has 11 heteroatoms. The maximum Gasteiger partial charge on any atom is 0.246 e. The number of ether oxygens (including phenoxy) is 1. The summed E-state index contributed by atoms with van der Waals surface area (Å²) in [6.45, 7) is 6.97. The van der Waals surface area contributed by atoms with E-state index in [4.69, 9.17) is 9.72 Å². The van der Waals surface area contributed by atoms with Gasteiger partial charge in [-0.25, -0.2) is 24.5 Å². The van der Waals surface area contributed by atoms with Gasteiger partial charge in [0.1, 0.15) is 35.5 Å². The molecule has 11 nitrogen and oxygen atoms in total. The number of amides is 1. The number of nitrogens with one attached hydrogen (secondary N) is 1. The summed E-state index contributed by atoms with van der Waals surface area (Å²) in [4.78, 5) is 34.3. The summed E-state index contributed by atoms with van der Waals surface area (Å²) in [6, 6.07) is 14.0. The lowest BCUT2D eigenvalue weighted by molar-refractivity contribution is -0.128. The van der Waals surface area contributed by atoms with E-state index in [9.17, 15) is 4.79 Å². The number of piperazine rings is 1. The van der Waals surface area contributed by atoms with Gasteiger partial charge < -0.3 is 19.9 Å². The number of fused-ring (bicyclic) bond motifs is 4. The molecule has 0 radical (unpaired) electrons. The number of nitrogens with zero attached hydrogens (tertiary/aromatic N) is 8. The van der Waals surface area contributed by atoms with Crippen LogP contribution < -0.4 is 15.0 Å². The lowest BCUT2D eigenvalue weighted by atomic mass is 9.87. The number of hydrogen-bond acceptors (Lipinski definition) is 9. The van der Waals surface area contributed by atoms with Crippen molar-refractivity contribution < 1.29 is 9.53 Å². The van der Waals surface area contributed by atoms with Gasteiger partial charge in [0.05, 0.1) is 17.6 Å². The van der Waals surface area contributed by atoms with Crippen LogP contribution in [0.25, 0.3) is 16.7 Å². The second-order valence-electron chi connectivity index (χ2n) is 9.79. The van der Waals surface area contributed by atoms with Gasteiger partial charge in [-0.05, 0) is 61.4 Å². The first-order valence-corrected chi connectivity index (χ1v) is 12.7. The highest BCUT2D eigenvalue weighted by Gasteiger charge is 2.46. The van der Waals surface area contributed by atoms with E-state index in [0.717, 1.165) is 40.4 Å². The average Bonchev–Trinajstić information content (AvgIpc) is 3.42. The number of aryl methyl sites for hydroxylation is 1. The largest absolute Gasteiger partial charge is 0.457 e. The molecule has 3 aliphatic rings. The van der Waals surface area contributed by atoms with Crippen molar-refractivity contribution in [3.8, 4) is 11.5 Å². The van der Waals surface area contributed by atoms with E-state index >= 15 is 0 Å².